The van der Waals surface area contributed by atoms with Crippen molar-refractivity contribution in [2.75, 3.05) is 26.2 Å². The van der Waals surface area contributed by atoms with E-state index in [1.165, 1.54) is 87.6 Å². The Morgan fingerprint density at radius 1 is 0.696 bits per heavy atom. The molecule has 23 heavy (non-hydrogen) atoms. The molecule has 0 aliphatic carbocycles. The van der Waals surface area contributed by atoms with E-state index in [-0.39, 0.29) is 24.0 Å². The molecule has 1 aromatic carbocycles. The van der Waals surface area contributed by atoms with E-state index < -0.39 is 0 Å². The van der Waals surface area contributed by atoms with Crippen LogP contribution in [0.4, 0.5) is 0 Å². The molecule has 1 rings (SSSR count). The van der Waals surface area contributed by atoms with Gasteiger partial charge in [-0.3, -0.25) is 0 Å². The molecule has 0 radical (unpaired) electrons. The number of quaternary nitrogens is 1. The number of hydrogen-bond donors (Lipinski definition) is 0. The Morgan fingerprint density at radius 3 is 1.83 bits per heavy atom. The first kappa shape index (κ1) is 22.9. The van der Waals surface area contributed by atoms with Gasteiger partial charge in [0.2, 0.25) is 0 Å². The van der Waals surface area contributed by atoms with Crippen molar-refractivity contribution in [1.29, 1.82) is 0 Å². The van der Waals surface area contributed by atoms with E-state index >= 15 is 0 Å². The van der Waals surface area contributed by atoms with Gasteiger partial charge in [-0.05, 0) is 51.5 Å². The van der Waals surface area contributed by atoms with E-state index in [4.69, 9.17) is 0 Å². The molecule has 0 amide bonds. The molecular formula is C21H38IN. The fraction of sp³-hybridized carbons (Fsp3) is 0.714. The van der Waals surface area contributed by atoms with Crippen LogP contribution in [0.3, 0.4) is 0 Å². The Labute approximate surface area is 162 Å². The molecule has 134 valence electrons. The van der Waals surface area contributed by atoms with Crippen LogP contribution < -0.4 is 24.0 Å². The number of halogens is 1. The molecule has 0 atom stereocenters. The molecule has 0 saturated heterocycles. The smallest absolute Gasteiger partial charge is 0.0786 e. The van der Waals surface area contributed by atoms with Crippen molar-refractivity contribution in [2.24, 2.45) is 0 Å². The number of nitrogens with zero attached hydrogens (tertiary/aromatic N) is 1. The standard InChI is InChI=1S/C21H38N.HI/c1-4-7-8-9-14-19-22(5-2,6-3)20-15-13-18-21-16-11-10-12-17-21;/h10-12,16-17H,4-9,13-15,18-20H2,1-3H3;1H/q+1;/p-1. The zero-order chi connectivity index (χ0) is 16.1. The van der Waals surface area contributed by atoms with E-state index in [0.29, 0.717) is 0 Å². The van der Waals surface area contributed by atoms with Gasteiger partial charge in [0.15, 0.2) is 0 Å². The first-order chi connectivity index (χ1) is 10.8. The lowest BCUT2D eigenvalue weighted by molar-refractivity contribution is -0.925. The zero-order valence-electron chi connectivity index (χ0n) is 15.7. The summed E-state index contributed by atoms with van der Waals surface area (Å²) < 4.78 is 1.33. The Hall–Kier alpha value is -0.0900. The van der Waals surface area contributed by atoms with Gasteiger partial charge in [-0.15, -0.1) is 0 Å². The maximum Gasteiger partial charge on any atom is 0.0786 e. The van der Waals surface area contributed by atoms with E-state index in [9.17, 15) is 0 Å². The van der Waals surface area contributed by atoms with Crippen molar-refractivity contribution < 1.29 is 28.5 Å². The molecule has 0 unspecified atom stereocenters. The quantitative estimate of drug-likeness (QED) is 0.256. The van der Waals surface area contributed by atoms with Crippen molar-refractivity contribution in [3.63, 3.8) is 0 Å². The molecule has 2 heteroatoms. The van der Waals surface area contributed by atoms with Crippen LogP contribution in [0.2, 0.25) is 0 Å². The molecule has 0 heterocycles. The Kier molecular flexibility index (Phi) is 14.2. The second-order valence-electron chi connectivity index (χ2n) is 6.78. The first-order valence-electron chi connectivity index (χ1n) is 9.65. The highest BCUT2D eigenvalue weighted by Gasteiger charge is 2.21. The number of rotatable bonds is 13. The largest absolute Gasteiger partial charge is 1.00 e. The number of hydrogen-bond acceptors (Lipinski definition) is 0. The predicted octanol–water partition coefficient (Wildman–Crippen LogP) is 2.84. The van der Waals surface area contributed by atoms with E-state index in [2.05, 4.69) is 51.1 Å². The van der Waals surface area contributed by atoms with Crippen LogP contribution in [0.5, 0.6) is 0 Å². The topological polar surface area (TPSA) is 0 Å². The summed E-state index contributed by atoms with van der Waals surface area (Å²) in [5.74, 6) is 0. The van der Waals surface area contributed by atoms with Gasteiger partial charge in [-0.1, -0.05) is 56.5 Å². The van der Waals surface area contributed by atoms with Crippen LogP contribution in [-0.4, -0.2) is 30.7 Å². The normalized spacial score (nSPS) is 11.3. The fourth-order valence-electron chi connectivity index (χ4n) is 3.44. The number of benzene rings is 1. The molecule has 0 aromatic heterocycles. The third-order valence-electron chi connectivity index (χ3n) is 5.27. The Bertz CT molecular complexity index is 359. The lowest BCUT2D eigenvalue weighted by atomic mass is 10.1. The predicted molar refractivity (Wildman–Crippen MR) is 99.2 cm³/mol. The van der Waals surface area contributed by atoms with Gasteiger partial charge in [0, 0.05) is 0 Å². The summed E-state index contributed by atoms with van der Waals surface area (Å²) in [4.78, 5) is 0. The minimum absolute atomic E-state index is 0. The second kappa shape index (κ2) is 14.3. The molecule has 0 aliphatic rings. The van der Waals surface area contributed by atoms with Gasteiger partial charge in [0.05, 0.1) is 26.2 Å². The van der Waals surface area contributed by atoms with Crippen molar-refractivity contribution in [3.05, 3.63) is 35.9 Å². The van der Waals surface area contributed by atoms with Crippen LogP contribution in [0.1, 0.15) is 71.3 Å². The average Bonchev–Trinajstić information content (AvgIpc) is 2.58. The molecule has 1 aromatic rings. The Balaban J connectivity index is 0.00000484. The SMILES string of the molecule is CCCCCCC[N+](CC)(CC)CCCCc1ccccc1.[I-]. The molecule has 1 nitrogen and oxygen atoms in total. The molecule has 0 spiro atoms. The highest BCUT2D eigenvalue weighted by molar-refractivity contribution is 5.14. The van der Waals surface area contributed by atoms with Gasteiger partial charge >= 0.3 is 0 Å². The first-order valence-corrected chi connectivity index (χ1v) is 9.65. The molecule has 0 fully saturated rings. The molecule has 0 saturated carbocycles. The van der Waals surface area contributed by atoms with Crippen molar-refractivity contribution in [1.82, 2.24) is 0 Å². The minimum Gasteiger partial charge on any atom is -1.00 e. The third-order valence-corrected chi connectivity index (χ3v) is 5.27. The molecule has 0 bridgehead atoms. The van der Waals surface area contributed by atoms with Crippen molar-refractivity contribution in [2.45, 2.75) is 72.1 Å². The van der Waals surface area contributed by atoms with Gasteiger partial charge < -0.3 is 28.5 Å². The summed E-state index contributed by atoms with van der Waals surface area (Å²) in [7, 11) is 0. The van der Waals surface area contributed by atoms with Crippen LogP contribution >= 0.6 is 0 Å². The highest BCUT2D eigenvalue weighted by atomic mass is 127. The third kappa shape index (κ3) is 9.71. The Morgan fingerprint density at radius 2 is 1.26 bits per heavy atom. The van der Waals surface area contributed by atoms with Gasteiger partial charge in [-0.25, -0.2) is 0 Å². The van der Waals surface area contributed by atoms with Crippen molar-refractivity contribution in [3.8, 4) is 0 Å². The number of aryl methyl sites for hydroxylation is 1. The monoisotopic (exact) mass is 431 g/mol. The summed E-state index contributed by atoms with van der Waals surface area (Å²) >= 11 is 0. The molecule has 0 N–H and O–H groups in total. The zero-order valence-corrected chi connectivity index (χ0v) is 17.9. The van der Waals surface area contributed by atoms with E-state index in [0.717, 1.165) is 0 Å². The van der Waals surface area contributed by atoms with Crippen LogP contribution in [0.25, 0.3) is 0 Å². The minimum atomic E-state index is 0. The summed E-state index contributed by atoms with van der Waals surface area (Å²) in [5, 5.41) is 0. The summed E-state index contributed by atoms with van der Waals surface area (Å²) in [6, 6.07) is 10.9. The van der Waals surface area contributed by atoms with Crippen LogP contribution in [-0.2, 0) is 6.42 Å². The summed E-state index contributed by atoms with van der Waals surface area (Å²) in [5.41, 5.74) is 1.49. The molecular weight excluding hydrogens is 393 g/mol. The van der Waals surface area contributed by atoms with Crippen LogP contribution in [0.15, 0.2) is 30.3 Å². The van der Waals surface area contributed by atoms with E-state index in [1.54, 1.807) is 0 Å². The lowest BCUT2D eigenvalue weighted by Crippen LogP contribution is -3.00. The highest BCUT2D eigenvalue weighted by Crippen LogP contribution is 2.14. The number of unbranched alkanes of at least 4 members (excludes halogenated alkanes) is 5. The lowest BCUT2D eigenvalue weighted by Gasteiger charge is -2.37. The maximum absolute atomic E-state index is 2.38. The maximum atomic E-state index is 2.38. The summed E-state index contributed by atoms with van der Waals surface area (Å²) in [6.07, 6.45) is 11.0. The van der Waals surface area contributed by atoms with Crippen LogP contribution in [0, 0.1) is 0 Å². The van der Waals surface area contributed by atoms with Crippen molar-refractivity contribution >= 4 is 0 Å². The molecule has 0 aliphatic heterocycles. The second-order valence-corrected chi connectivity index (χ2v) is 6.78. The van der Waals surface area contributed by atoms with Gasteiger partial charge in [0.25, 0.3) is 0 Å². The van der Waals surface area contributed by atoms with Gasteiger partial charge in [-0.2, -0.15) is 0 Å². The summed E-state index contributed by atoms with van der Waals surface area (Å²) in [6.45, 7) is 12.4. The average molecular weight is 431 g/mol. The van der Waals surface area contributed by atoms with E-state index in [1.807, 2.05) is 0 Å². The fourth-order valence-corrected chi connectivity index (χ4v) is 3.44. The van der Waals surface area contributed by atoms with Gasteiger partial charge in [0.1, 0.15) is 0 Å².